The van der Waals surface area contributed by atoms with Crippen molar-refractivity contribution in [1.82, 2.24) is 10.2 Å². The molecule has 0 amide bonds. The van der Waals surface area contributed by atoms with Gasteiger partial charge in [0.05, 0.1) is 11.4 Å². The molecular weight excluding hydrogens is 362 g/mol. The molecule has 2 fully saturated rings. The van der Waals surface area contributed by atoms with Gasteiger partial charge in [-0.1, -0.05) is 19.3 Å². The summed E-state index contributed by atoms with van der Waals surface area (Å²) in [7, 11) is -1.34. The summed E-state index contributed by atoms with van der Waals surface area (Å²) in [5.41, 5.74) is 0.508. The number of ether oxygens (including phenoxy) is 1. The van der Waals surface area contributed by atoms with Crippen LogP contribution >= 0.6 is 0 Å². The molecule has 7 heteroatoms. The highest BCUT2D eigenvalue weighted by Crippen LogP contribution is 2.43. The molecule has 1 heterocycles. The van der Waals surface area contributed by atoms with Gasteiger partial charge in [0, 0.05) is 26.4 Å². The number of sulfone groups is 1. The number of rotatable bonds is 5. The van der Waals surface area contributed by atoms with Crippen LogP contribution in [0.15, 0.2) is 34.2 Å². The van der Waals surface area contributed by atoms with E-state index in [0.29, 0.717) is 29.2 Å². The van der Waals surface area contributed by atoms with Crippen molar-refractivity contribution in [1.29, 1.82) is 0 Å². The second-order valence-corrected chi connectivity index (χ2v) is 9.81. The van der Waals surface area contributed by atoms with Crippen LogP contribution in [0, 0.1) is 5.41 Å². The molecule has 0 unspecified atom stereocenters. The second kappa shape index (κ2) is 8.50. The first-order chi connectivity index (χ1) is 12.9. The maximum absolute atomic E-state index is 11.5. The molecule has 27 heavy (non-hydrogen) atoms. The van der Waals surface area contributed by atoms with Gasteiger partial charge >= 0.3 is 0 Å². The number of nitrogens with one attached hydrogen (secondary N) is 1. The summed E-state index contributed by atoms with van der Waals surface area (Å²) < 4.78 is 28.7. The molecule has 150 valence electrons. The number of aliphatic imine (C=N–C) groups is 1. The first-order valence-corrected chi connectivity index (χ1v) is 11.7. The Bertz CT molecular complexity index is 753. The highest BCUT2D eigenvalue weighted by atomic mass is 32.2. The predicted octanol–water partition coefficient (Wildman–Crippen LogP) is 2.70. The molecule has 3 rings (SSSR count). The molecule has 0 radical (unpaired) electrons. The molecule has 0 atom stereocenters. The van der Waals surface area contributed by atoms with E-state index in [1.54, 1.807) is 24.3 Å². The van der Waals surface area contributed by atoms with Crippen molar-refractivity contribution >= 4 is 15.8 Å². The van der Waals surface area contributed by atoms with E-state index in [-0.39, 0.29) is 0 Å². The third-order valence-electron chi connectivity index (χ3n) is 5.77. The summed E-state index contributed by atoms with van der Waals surface area (Å²) in [6.45, 7) is 3.34. The average molecular weight is 394 g/mol. The number of benzene rings is 1. The van der Waals surface area contributed by atoms with Crippen LogP contribution in [0.3, 0.4) is 0 Å². The summed E-state index contributed by atoms with van der Waals surface area (Å²) in [6, 6.07) is 6.53. The second-order valence-electron chi connectivity index (χ2n) is 7.80. The molecule has 2 aliphatic rings. The van der Waals surface area contributed by atoms with E-state index in [4.69, 9.17) is 4.74 Å². The number of likely N-dealkylation sites (tertiary alicyclic amines) is 1. The lowest BCUT2D eigenvalue weighted by molar-refractivity contribution is 0.203. The van der Waals surface area contributed by atoms with Gasteiger partial charge in [-0.15, -0.1) is 0 Å². The van der Waals surface area contributed by atoms with E-state index in [1.165, 1.54) is 44.8 Å². The Labute approximate surface area is 162 Å². The Morgan fingerprint density at radius 2 is 1.89 bits per heavy atom. The molecule has 6 nitrogen and oxygen atoms in total. The minimum absolute atomic E-state index is 0.305. The standard InChI is InChI=1S/C20H31N3O3S/c1-21-19(23-14-12-20(16-23)10-4-3-5-11-20)22-13-15-26-17-6-8-18(9-7-17)27(2,24)25/h6-9H,3-5,10-16H2,1-2H3,(H,21,22). The summed E-state index contributed by atoms with van der Waals surface area (Å²) >= 11 is 0. The Hall–Kier alpha value is -1.76. The Balaban J connectivity index is 1.44. The summed E-state index contributed by atoms with van der Waals surface area (Å²) in [5, 5.41) is 3.39. The molecule has 1 N–H and O–H groups in total. The zero-order valence-electron chi connectivity index (χ0n) is 16.4. The molecule has 0 bridgehead atoms. The lowest BCUT2D eigenvalue weighted by Crippen LogP contribution is -2.43. The van der Waals surface area contributed by atoms with E-state index in [2.05, 4.69) is 15.2 Å². The maximum atomic E-state index is 11.5. The number of nitrogens with zero attached hydrogens (tertiary/aromatic N) is 2. The van der Waals surface area contributed by atoms with Gasteiger partial charge in [0.25, 0.3) is 0 Å². The van der Waals surface area contributed by atoms with Gasteiger partial charge in [0.1, 0.15) is 12.4 Å². The van der Waals surface area contributed by atoms with E-state index in [1.807, 2.05) is 7.05 Å². The van der Waals surface area contributed by atoms with E-state index in [9.17, 15) is 8.42 Å². The van der Waals surface area contributed by atoms with E-state index >= 15 is 0 Å². The van der Waals surface area contributed by atoms with Crippen LogP contribution in [-0.2, 0) is 9.84 Å². The average Bonchev–Trinajstić information content (AvgIpc) is 3.05. The zero-order chi connectivity index (χ0) is 19.3. The monoisotopic (exact) mass is 393 g/mol. The topological polar surface area (TPSA) is 71.0 Å². The number of hydrogen-bond acceptors (Lipinski definition) is 4. The van der Waals surface area contributed by atoms with Crippen molar-refractivity contribution in [3.05, 3.63) is 24.3 Å². The van der Waals surface area contributed by atoms with Crippen LogP contribution in [0.2, 0.25) is 0 Å². The minimum atomic E-state index is -3.17. The van der Waals surface area contributed by atoms with Crippen LogP contribution in [-0.4, -0.2) is 58.8 Å². The van der Waals surface area contributed by atoms with Crippen LogP contribution in [0.4, 0.5) is 0 Å². The van der Waals surface area contributed by atoms with Crippen molar-refractivity contribution in [2.24, 2.45) is 10.4 Å². The molecule has 1 aromatic carbocycles. The molecule has 1 saturated heterocycles. The fourth-order valence-electron chi connectivity index (χ4n) is 4.27. The van der Waals surface area contributed by atoms with Crippen molar-refractivity contribution in [2.75, 3.05) is 39.5 Å². The SMILES string of the molecule is CN=C(NCCOc1ccc(S(C)(=O)=O)cc1)N1CCC2(CCCCC2)C1. The van der Waals surface area contributed by atoms with Crippen LogP contribution in [0.5, 0.6) is 5.75 Å². The van der Waals surface area contributed by atoms with Crippen LogP contribution in [0.25, 0.3) is 0 Å². The summed E-state index contributed by atoms with van der Waals surface area (Å²) in [5.74, 6) is 1.62. The summed E-state index contributed by atoms with van der Waals surface area (Å²) in [6.07, 6.45) is 9.31. The highest BCUT2D eigenvalue weighted by molar-refractivity contribution is 7.90. The van der Waals surface area contributed by atoms with Crippen LogP contribution in [0.1, 0.15) is 38.5 Å². The number of hydrogen-bond donors (Lipinski definition) is 1. The quantitative estimate of drug-likeness (QED) is 0.473. The molecule has 0 aromatic heterocycles. The third-order valence-corrected chi connectivity index (χ3v) is 6.90. The van der Waals surface area contributed by atoms with Crippen molar-refractivity contribution < 1.29 is 13.2 Å². The van der Waals surface area contributed by atoms with Gasteiger partial charge in [-0.05, 0) is 48.9 Å². The fourth-order valence-corrected chi connectivity index (χ4v) is 4.90. The lowest BCUT2D eigenvalue weighted by atomic mass is 9.73. The Morgan fingerprint density at radius 3 is 2.52 bits per heavy atom. The van der Waals surface area contributed by atoms with E-state index in [0.717, 1.165) is 19.0 Å². The summed E-state index contributed by atoms with van der Waals surface area (Å²) in [4.78, 5) is 7.13. The van der Waals surface area contributed by atoms with Crippen molar-refractivity contribution in [3.63, 3.8) is 0 Å². The molecule has 1 aliphatic heterocycles. The van der Waals surface area contributed by atoms with Crippen molar-refractivity contribution in [3.8, 4) is 5.75 Å². The zero-order valence-corrected chi connectivity index (χ0v) is 17.2. The first-order valence-electron chi connectivity index (χ1n) is 9.80. The smallest absolute Gasteiger partial charge is 0.193 e. The van der Waals surface area contributed by atoms with Gasteiger partial charge < -0.3 is 15.0 Å². The molecular formula is C20H31N3O3S. The van der Waals surface area contributed by atoms with Gasteiger partial charge in [-0.25, -0.2) is 8.42 Å². The molecule has 1 aromatic rings. The maximum Gasteiger partial charge on any atom is 0.193 e. The minimum Gasteiger partial charge on any atom is -0.492 e. The largest absolute Gasteiger partial charge is 0.492 e. The Morgan fingerprint density at radius 1 is 1.19 bits per heavy atom. The fraction of sp³-hybridized carbons (Fsp3) is 0.650. The molecule has 1 spiro atoms. The molecule has 1 saturated carbocycles. The van der Waals surface area contributed by atoms with Crippen LogP contribution < -0.4 is 10.1 Å². The molecule has 1 aliphatic carbocycles. The van der Waals surface area contributed by atoms with E-state index < -0.39 is 9.84 Å². The third kappa shape index (κ3) is 5.15. The lowest BCUT2D eigenvalue weighted by Gasteiger charge is -2.33. The Kier molecular flexibility index (Phi) is 6.29. The predicted molar refractivity (Wildman–Crippen MR) is 108 cm³/mol. The van der Waals surface area contributed by atoms with Gasteiger partial charge in [0.2, 0.25) is 0 Å². The first kappa shape index (κ1) is 20.0. The normalized spacial score (nSPS) is 20.1. The number of guanidine groups is 1. The highest BCUT2D eigenvalue weighted by Gasteiger charge is 2.39. The van der Waals surface area contributed by atoms with Gasteiger partial charge in [-0.3, -0.25) is 4.99 Å². The van der Waals surface area contributed by atoms with Gasteiger partial charge in [-0.2, -0.15) is 0 Å². The van der Waals surface area contributed by atoms with Gasteiger partial charge in [0.15, 0.2) is 15.8 Å². The van der Waals surface area contributed by atoms with Crippen molar-refractivity contribution in [2.45, 2.75) is 43.4 Å².